The number of carbonyl (C=O) groups excluding carboxylic acids is 1. The molecule has 1 aliphatic rings. The minimum atomic E-state index is -0.302. The minimum Gasteiger partial charge on any atom is -0.340 e. The molecule has 178 valence electrons. The number of hydrogen-bond donors (Lipinski definition) is 1. The van der Waals surface area contributed by atoms with E-state index in [2.05, 4.69) is 9.88 Å². The molecule has 0 atom stereocenters. The van der Waals surface area contributed by atoms with Crippen LogP contribution in [0.15, 0.2) is 72.8 Å². The maximum atomic E-state index is 13.6. The van der Waals surface area contributed by atoms with Crippen LogP contribution in [-0.4, -0.2) is 26.9 Å². The zero-order chi connectivity index (χ0) is 24.4. The van der Waals surface area contributed by atoms with Crippen LogP contribution in [0.4, 0.5) is 20.3 Å². The lowest BCUT2D eigenvalue weighted by Gasteiger charge is -2.28. The summed E-state index contributed by atoms with van der Waals surface area (Å²) in [4.78, 5) is 19.6. The Morgan fingerprint density at radius 1 is 0.914 bits per heavy atom. The van der Waals surface area contributed by atoms with E-state index in [1.165, 1.54) is 29.8 Å². The van der Waals surface area contributed by atoms with E-state index in [-0.39, 0.29) is 17.5 Å². The van der Waals surface area contributed by atoms with E-state index in [0.717, 1.165) is 34.2 Å². The summed E-state index contributed by atoms with van der Waals surface area (Å²) in [5.74, 6) is 1.06. The van der Waals surface area contributed by atoms with Crippen LogP contribution >= 0.6 is 0 Å². The van der Waals surface area contributed by atoms with Gasteiger partial charge in [-0.05, 0) is 67.4 Å². The number of fused-ring (bicyclic) bond motifs is 1. The second-order valence-corrected chi connectivity index (χ2v) is 8.82. The van der Waals surface area contributed by atoms with Crippen molar-refractivity contribution in [3.63, 3.8) is 0 Å². The molecular weight excluding hydrogens is 446 g/mol. The van der Waals surface area contributed by atoms with Gasteiger partial charge >= 0.3 is 0 Å². The highest BCUT2D eigenvalue weighted by Crippen LogP contribution is 2.33. The van der Waals surface area contributed by atoms with Crippen molar-refractivity contribution in [3.8, 4) is 11.3 Å². The first-order chi connectivity index (χ1) is 17.0. The second kappa shape index (κ2) is 9.70. The number of halogens is 2. The summed E-state index contributed by atoms with van der Waals surface area (Å²) in [5.41, 5.74) is 4.55. The highest BCUT2D eigenvalue weighted by molar-refractivity contribution is 5.78. The third-order valence-electron chi connectivity index (χ3n) is 6.30. The van der Waals surface area contributed by atoms with Crippen molar-refractivity contribution >= 4 is 17.4 Å². The van der Waals surface area contributed by atoms with Gasteiger partial charge in [-0.1, -0.05) is 29.8 Å². The Morgan fingerprint density at radius 3 is 2.26 bits per heavy atom. The average Bonchev–Trinajstić information content (AvgIpc) is 3.22. The van der Waals surface area contributed by atoms with Crippen LogP contribution in [0.5, 0.6) is 0 Å². The third kappa shape index (κ3) is 5.09. The predicted octanol–water partition coefficient (Wildman–Crippen LogP) is 5.86. The first kappa shape index (κ1) is 22.8. The fraction of sp³-hybridized carbons (Fsp3) is 0.214. The molecule has 0 radical (unpaired) electrons. The van der Waals surface area contributed by atoms with E-state index >= 15 is 0 Å². The van der Waals surface area contributed by atoms with Gasteiger partial charge in [0.25, 0.3) is 0 Å². The van der Waals surface area contributed by atoms with Crippen molar-refractivity contribution < 1.29 is 13.6 Å². The Kier molecular flexibility index (Phi) is 6.31. The number of nitrogens with zero attached hydrogens (tertiary/aromatic N) is 3. The molecule has 1 amide bonds. The van der Waals surface area contributed by atoms with Crippen molar-refractivity contribution in [2.75, 3.05) is 11.9 Å². The lowest BCUT2D eigenvalue weighted by molar-refractivity contribution is -0.132. The molecule has 1 aliphatic heterocycles. The van der Waals surface area contributed by atoms with Gasteiger partial charge in [-0.15, -0.1) is 0 Å². The molecule has 4 aromatic rings. The number of carbonyl (C=O) groups is 1. The van der Waals surface area contributed by atoms with Gasteiger partial charge in [0.2, 0.25) is 5.91 Å². The summed E-state index contributed by atoms with van der Waals surface area (Å²) in [6.45, 7) is 3.60. The lowest BCUT2D eigenvalue weighted by atomic mass is 10.1. The van der Waals surface area contributed by atoms with E-state index < -0.39 is 0 Å². The summed E-state index contributed by atoms with van der Waals surface area (Å²) >= 11 is 0. The number of nitrogens with one attached hydrogen (secondary N) is 1. The van der Waals surface area contributed by atoms with Gasteiger partial charge in [0.15, 0.2) is 0 Å². The molecule has 0 unspecified atom stereocenters. The number of amides is 1. The Morgan fingerprint density at radius 2 is 1.57 bits per heavy atom. The summed E-state index contributed by atoms with van der Waals surface area (Å²) in [7, 11) is 0. The summed E-state index contributed by atoms with van der Waals surface area (Å²) in [6, 6.07) is 20.6. The topological polar surface area (TPSA) is 50.2 Å². The number of rotatable bonds is 6. The molecule has 5 nitrogen and oxygen atoms in total. The van der Waals surface area contributed by atoms with Crippen molar-refractivity contribution in [1.82, 2.24) is 14.5 Å². The monoisotopic (exact) mass is 472 g/mol. The molecule has 0 saturated heterocycles. The predicted molar refractivity (Wildman–Crippen MR) is 132 cm³/mol. The molecule has 1 N–H and O–H groups in total. The Bertz CT molecular complexity index is 1330. The lowest BCUT2D eigenvalue weighted by Crippen LogP contribution is -2.38. The number of benzene rings is 3. The zero-order valence-corrected chi connectivity index (χ0v) is 19.5. The van der Waals surface area contributed by atoms with Crippen molar-refractivity contribution in [3.05, 3.63) is 101 Å². The molecule has 2 heterocycles. The van der Waals surface area contributed by atoms with E-state index in [9.17, 15) is 13.6 Å². The van der Waals surface area contributed by atoms with Crippen molar-refractivity contribution in [2.24, 2.45) is 0 Å². The fourth-order valence-electron chi connectivity index (χ4n) is 4.31. The molecule has 0 fully saturated rings. The molecule has 1 aromatic heterocycles. The maximum absolute atomic E-state index is 13.6. The Labute approximate surface area is 203 Å². The van der Waals surface area contributed by atoms with Crippen molar-refractivity contribution in [2.45, 2.75) is 32.9 Å². The molecular formula is C28H26F2N4O. The molecule has 0 spiro atoms. The van der Waals surface area contributed by atoms with Crippen LogP contribution in [0.25, 0.3) is 11.3 Å². The Balaban J connectivity index is 1.38. The SMILES string of the molecule is Cc1ccc(Nc2c(-c3ccc(F)cc3)nc3n2CCN(C(=O)CCc2ccc(F)cc2)C3)cc1. The van der Waals surface area contributed by atoms with Crippen molar-refractivity contribution in [1.29, 1.82) is 0 Å². The molecule has 0 aliphatic carbocycles. The first-order valence-corrected chi connectivity index (χ1v) is 11.7. The Hall–Kier alpha value is -4.00. The fourth-order valence-corrected chi connectivity index (χ4v) is 4.31. The zero-order valence-electron chi connectivity index (χ0n) is 19.5. The van der Waals surface area contributed by atoms with Crippen LogP contribution in [0.2, 0.25) is 0 Å². The average molecular weight is 473 g/mol. The normalized spacial score (nSPS) is 12.9. The largest absolute Gasteiger partial charge is 0.340 e. The molecule has 35 heavy (non-hydrogen) atoms. The number of hydrogen-bond acceptors (Lipinski definition) is 3. The maximum Gasteiger partial charge on any atom is 0.223 e. The van der Waals surface area contributed by atoms with E-state index in [1.54, 1.807) is 24.3 Å². The number of anilines is 2. The van der Waals surface area contributed by atoms with Crippen LogP contribution in [0, 0.1) is 18.6 Å². The van der Waals surface area contributed by atoms with E-state index in [0.29, 0.717) is 32.5 Å². The second-order valence-electron chi connectivity index (χ2n) is 8.82. The van der Waals surface area contributed by atoms with Gasteiger partial charge in [-0.25, -0.2) is 13.8 Å². The van der Waals surface area contributed by atoms with Gasteiger partial charge in [0, 0.05) is 30.8 Å². The van der Waals surface area contributed by atoms with Gasteiger partial charge in [0.1, 0.15) is 29.0 Å². The van der Waals surface area contributed by atoms with Gasteiger partial charge in [0.05, 0.1) is 6.54 Å². The van der Waals surface area contributed by atoms with E-state index in [1.807, 2.05) is 36.1 Å². The highest BCUT2D eigenvalue weighted by atomic mass is 19.1. The van der Waals surface area contributed by atoms with Gasteiger partial charge in [-0.3, -0.25) is 4.79 Å². The standard InChI is InChI=1S/C28H26F2N4O/c1-19-2-13-24(14-3-19)31-28-27(21-7-11-23(30)12-8-21)32-25-18-33(16-17-34(25)28)26(35)15-6-20-4-9-22(29)10-5-20/h2-5,7-14,31H,6,15-18H2,1H3. The third-order valence-corrected chi connectivity index (χ3v) is 6.30. The summed E-state index contributed by atoms with van der Waals surface area (Å²) in [5, 5.41) is 3.49. The van der Waals surface area contributed by atoms with Crippen LogP contribution in [0.1, 0.15) is 23.4 Å². The van der Waals surface area contributed by atoms with E-state index in [4.69, 9.17) is 4.98 Å². The minimum absolute atomic E-state index is 0.0416. The summed E-state index contributed by atoms with van der Waals surface area (Å²) < 4.78 is 28.8. The molecule has 7 heteroatoms. The van der Waals surface area contributed by atoms with Crippen LogP contribution < -0.4 is 5.32 Å². The highest BCUT2D eigenvalue weighted by Gasteiger charge is 2.27. The number of aryl methyl sites for hydroxylation is 2. The smallest absolute Gasteiger partial charge is 0.223 e. The van der Waals surface area contributed by atoms with Crippen LogP contribution in [0.3, 0.4) is 0 Å². The summed E-state index contributed by atoms with van der Waals surface area (Å²) in [6.07, 6.45) is 0.913. The molecule has 0 bridgehead atoms. The number of aromatic nitrogens is 2. The molecule has 3 aromatic carbocycles. The molecule has 5 rings (SSSR count). The number of imidazole rings is 1. The van der Waals surface area contributed by atoms with Gasteiger partial charge < -0.3 is 14.8 Å². The first-order valence-electron chi connectivity index (χ1n) is 11.7. The van der Waals surface area contributed by atoms with Crippen LogP contribution in [-0.2, 0) is 24.3 Å². The quantitative estimate of drug-likeness (QED) is 0.383. The molecule has 0 saturated carbocycles. The van der Waals surface area contributed by atoms with Gasteiger partial charge in [-0.2, -0.15) is 0 Å².